The second-order valence-electron chi connectivity index (χ2n) is 4.20. The van der Waals surface area contributed by atoms with Crippen LogP contribution in [0, 0.1) is 0 Å². The molecule has 5 nitrogen and oxygen atoms in total. The van der Waals surface area contributed by atoms with Crippen LogP contribution < -0.4 is 0 Å². The van der Waals surface area contributed by atoms with Crippen molar-refractivity contribution in [2.75, 3.05) is 13.6 Å². The largest absolute Gasteiger partial charge is 0.338 e. The second kappa shape index (κ2) is 4.20. The topological polar surface area (TPSA) is 51.0 Å². The molecule has 0 aromatic carbocycles. The Hall–Kier alpha value is -1.69. The molecule has 0 unspecified atom stereocenters. The quantitative estimate of drug-likeness (QED) is 0.807. The van der Waals surface area contributed by atoms with E-state index in [0.29, 0.717) is 12.2 Å². The zero-order chi connectivity index (χ0) is 12.7. The maximum atomic E-state index is 12.1. The van der Waals surface area contributed by atoms with Crippen molar-refractivity contribution in [1.29, 1.82) is 0 Å². The molecule has 0 N–H and O–H groups in total. The number of hydrogen-bond acceptors (Lipinski definition) is 3. The molecule has 0 fully saturated rings. The van der Waals surface area contributed by atoms with Gasteiger partial charge in [-0.3, -0.25) is 14.5 Å². The van der Waals surface area contributed by atoms with Crippen molar-refractivity contribution in [1.82, 2.24) is 19.7 Å². The summed E-state index contributed by atoms with van der Waals surface area (Å²) in [4.78, 5) is 17.8. The Morgan fingerprint density at radius 3 is 2.72 bits per heavy atom. The molecule has 1 amide bonds. The average Bonchev–Trinajstić information content (AvgIpc) is 2.73. The van der Waals surface area contributed by atoms with Gasteiger partial charge < -0.3 is 4.90 Å². The molecule has 3 heterocycles. The SMILES string of the molecule is CN1CCn2nc(-c3ccncc3)c(Br)c2C1=O. The lowest BCUT2D eigenvalue weighted by Gasteiger charge is -2.23. The number of carbonyl (C=O) groups excluding carboxylic acids is 1. The van der Waals surface area contributed by atoms with Crippen LogP contribution in [0.15, 0.2) is 29.0 Å². The Kier molecular flexibility index (Phi) is 2.66. The van der Waals surface area contributed by atoms with Crippen LogP contribution >= 0.6 is 15.9 Å². The summed E-state index contributed by atoms with van der Waals surface area (Å²) in [6.07, 6.45) is 3.43. The zero-order valence-electron chi connectivity index (χ0n) is 9.80. The third-order valence-corrected chi connectivity index (χ3v) is 3.80. The first kappa shape index (κ1) is 11.4. The summed E-state index contributed by atoms with van der Waals surface area (Å²) >= 11 is 3.49. The van der Waals surface area contributed by atoms with Gasteiger partial charge in [-0.25, -0.2) is 0 Å². The van der Waals surface area contributed by atoms with E-state index in [1.807, 2.05) is 12.1 Å². The molecule has 0 radical (unpaired) electrons. The van der Waals surface area contributed by atoms with Crippen molar-refractivity contribution in [3.63, 3.8) is 0 Å². The van der Waals surface area contributed by atoms with E-state index in [4.69, 9.17) is 0 Å². The minimum Gasteiger partial charge on any atom is -0.338 e. The van der Waals surface area contributed by atoms with Crippen molar-refractivity contribution in [3.05, 3.63) is 34.7 Å². The van der Waals surface area contributed by atoms with E-state index in [-0.39, 0.29) is 5.91 Å². The molecule has 2 aromatic heterocycles. The second-order valence-corrected chi connectivity index (χ2v) is 4.99. The van der Waals surface area contributed by atoms with Crippen LogP contribution in [0.3, 0.4) is 0 Å². The molecule has 2 aromatic rings. The van der Waals surface area contributed by atoms with Gasteiger partial charge in [-0.15, -0.1) is 0 Å². The molecule has 0 atom stereocenters. The maximum Gasteiger partial charge on any atom is 0.273 e. The summed E-state index contributed by atoms with van der Waals surface area (Å²) in [5.74, 6) is 0.000862. The van der Waals surface area contributed by atoms with Crippen LogP contribution in [0.4, 0.5) is 0 Å². The van der Waals surface area contributed by atoms with E-state index in [1.165, 1.54) is 0 Å². The molecule has 0 saturated carbocycles. The van der Waals surface area contributed by atoms with Crippen LogP contribution in [0.5, 0.6) is 0 Å². The molecule has 0 aliphatic carbocycles. The van der Waals surface area contributed by atoms with Gasteiger partial charge in [-0.05, 0) is 28.1 Å². The fraction of sp³-hybridized carbons (Fsp3) is 0.250. The van der Waals surface area contributed by atoms with Gasteiger partial charge in [0.05, 0.1) is 11.0 Å². The number of fused-ring (bicyclic) bond motifs is 1. The van der Waals surface area contributed by atoms with Gasteiger partial charge in [0.1, 0.15) is 11.4 Å². The normalized spacial score (nSPS) is 14.8. The summed E-state index contributed by atoms with van der Waals surface area (Å²) in [6.45, 7) is 1.41. The van der Waals surface area contributed by atoms with Gasteiger partial charge in [-0.2, -0.15) is 5.10 Å². The molecule has 0 bridgehead atoms. The highest BCUT2D eigenvalue weighted by Gasteiger charge is 2.28. The number of nitrogens with zero attached hydrogens (tertiary/aromatic N) is 4. The van der Waals surface area contributed by atoms with E-state index in [9.17, 15) is 4.79 Å². The van der Waals surface area contributed by atoms with Crippen molar-refractivity contribution in [3.8, 4) is 11.3 Å². The van der Waals surface area contributed by atoms with Crippen molar-refractivity contribution in [2.45, 2.75) is 6.54 Å². The van der Waals surface area contributed by atoms with Crippen molar-refractivity contribution < 1.29 is 4.79 Å². The van der Waals surface area contributed by atoms with Gasteiger partial charge in [0, 0.05) is 31.5 Å². The summed E-state index contributed by atoms with van der Waals surface area (Å²) < 4.78 is 2.52. The van der Waals surface area contributed by atoms with Gasteiger partial charge in [-0.1, -0.05) is 0 Å². The van der Waals surface area contributed by atoms with E-state index in [0.717, 1.165) is 22.3 Å². The Labute approximate surface area is 113 Å². The number of hydrogen-bond donors (Lipinski definition) is 0. The van der Waals surface area contributed by atoms with Gasteiger partial charge in [0.2, 0.25) is 0 Å². The third-order valence-electron chi connectivity index (χ3n) is 3.04. The minimum absolute atomic E-state index is 0.000862. The third kappa shape index (κ3) is 1.64. The fourth-order valence-electron chi connectivity index (χ4n) is 2.03. The standard InChI is InChI=1S/C12H11BrN4O/c1-16-6-7-17-11(12(16)18)9(13)10(15-17)8-2-4-14-5-3-8/h2-5H,6-7H2,1H3. The highest BCUT2D eigenvalue weighted by Crippen LogP contribution is 2.31. The molecule has 18 heavy (non-hydrogen) atoms. The summed E-state index contributed by atoms with van der Waals surface area (Å²) in [5, 5.41) is 4.50. The Morgan fingerprint density at radius 1 is 1.28 bits per heavy atom. The first-order valence-electron chi connectivity index (χ1n) is 5.60. The van der Waals surface area contributed by atoms with E-state index < -0.39 is 0 Å². The van der Waals surface area contributed by atoms with E-state index >= 15 is 0 Å². The van der Waals surface area contributed by atoms with E-state index in [1.54, 1.807) is 29.0 Å². The molecule has 3 rings (SSSR count). The molecule has 0 saturated heterocycles. The molecule has 0 spiro atoms. The Bertz CT molecular complexity index is 608. The molecule has 1 aliphatic heterocycles. The number of aromatic nitrogens is 3. The number of carbonyl (C=O) groups is 1. The lowest BCUT2D eigenvalue weighted by atomic mass is 10.2. The predicted octanol–water partition coefficient (Wildman–Crippen LogP) is 1.79. The summed E-state index contributed by atoms with van der Waals surface area (Å²) in [6, 6.07) is 3.76. The smallest absolute Gasteiger partial charge is 0.273 e. The zero-order valence-corrected chi connectivity index (χ0v) is 11.4. The molecule has 6 heteroatoms. The van der Waals surface area contributed by atoms with Crippen LogP contribution in [-0.4, -0.2) is 39.2 Å². The van der Waals surface area contributed by atoms with Gasteiger partial charge in [0.15, 0.2) is 0 Å². The van der Waals surface area contributed by atoms with Crippen LogP contribution in [0.1, 0.15) is 10.5 Å². The molecular weight excluding hydrogens is 296 g/mol. The van der Waals surface area contributed by atoms with Crippen LogP contribution in [-0.2, 0) is 6.54 Å². The summed E-state index contributed by atoms with van der Waals surface area (Å²) in [7, 11) is 1.80. The van der Waals surface area contributed by atoms with Crippen molar-refractivity contribution in [2.24, 2.45) is 0 Å². The van der Waals surface area contributed by atoms with Gasteiger partial charge >= 0.3 is 0 Å². The van der Waals surface area contributed by atoms with Crippen LogP contribution in [0.25, 0.3) is 11.3 Å². The fourth-order valence-corrected chi connectivity index (χ4v) is 2.71. The monoisotopic (exact) mass is 306 g/mol. The Morgan fingerprint density at radius 2 is 2.00 bits per heavy atom. The first-order chi connectivity index (χ1) is 8.68. The van der Waals surface area contributed by atoms with Crippen LogP contribution in [0.2, 0.25) is 0 Å². The predicted molar refractivity (Wildman–Crippen MR) is 70.1 cm³/mol. The first-order valence-corrected chi connectivity index (χ1v) is 6.40. The van der Waals surface area contributed by atoms with Crippen molar-refractivity contribution >= 4 is 21.8 Å². The number of likely N-dealkylation sites (N-methyl/N-ethyl adjacent to an activating group) is 1. The number of amides is 1. The highest BCUT2D eigenvalue weighted by molar-refractivity contribution is 9.10. The number of pyridine rings is 1. The van der Waals surface area contributed by atoms with E-state index in [2.05, 4.69) is 26.0 Å². The van der Waals surface area contributed by atoms with Gasteiger partial charge in [0.25, 0.3) is 5.91 Å². The highest BCUT2D eigenvalue weighted by atomic mass is 79.9. The average molecular weight is 307 g/mol. The maximum absolute atomic E-state index is 12.1. The lowest BCUT2D eigenvalue weighted by Crippen LogP contribution is -2.37. The molecule has 1 aliphatic rings. The Balaban J connectivity index is 2.16. The molecular formula is C12H11BrN4O. The lowest BCUT2D eigenvalue weighted by molar-refractivity contribution is 0.0741. The minimum atomic E-state index is 0.000862. The summed E-state index contributed by atoms with van der Waals surface area (Å²) in [5.41, 5.74) is 2.36. The molecule has 92 valence electrons. The number of halogens is 1. The number of rotatable bonds is 1.